The monoisotopic (exact) mass is 377 g/mol. The van der Waals surface area contributed by atoms with Gasteiger partial charge in [0, 0.05) is 5.69 Å². The van der Waals surface area contributed by atoms with E-state index in [0.717, 1.165) is 24.2 Å². The Morgan fingerprint density at radius 2 is 1.93 bits per heavy atom. The number of aryl methyl sites for hydroxylation is 1. The van der Waals surface area contributed by atoms with Gasteiger partial charge >= 0.3 is 0 Å². The Labute approximate surface area is 163 Å². The zero-order chi connectivity index (χ0) is 19.5. The van der Waals surface area contributed by atoms with Crippen LogP contribution in [0.2, 0.25) is 0 Å². The van der Waals surface area contributed by atoms with Crippen molar-refractivity contribution in [1.29, 1.82) is 0 Å². The number of para-hydroxylation sites is 1. The molecule has 4 rings (SSSR count). The minimum atomic E-state index is -0.277. The molecule has 0 radical (unpaired) electrons. The number of anilines is 1. The fourth-order valence-corrected chi connectivity index (χ4v) is 3.62. The first-order valence-corrected chi connectivity index (χ1v) is 9.61. The summed E-state index contributed by atoms with van der Waals surface area (Å²) in [6.45, 7) is 1.82. The predicted molar refractivity (Wildman–Crippen MR) is 109 cm³/mol. The van der Waals surface area contributed by atoms with Crippen molar-refractivity contribution in [2.45, 2.75) is 45.3 Å². The topological polar surface area (TPSA) is 73.2 Å². The van der Waals surface area contributed by atoms with Crippen molar-refractivity contribution >= 4 is 22.5 Å². The standard InChI is InChI=1S/C22H23N3O3/c1-15-5-4-8-19-21(15)23-14-25(22(19)27)13-20(26)24-16-9-11-18(12-10-16)28-17-6-2-3-7-17/h4-5,8-12,14,17H,2-3,6-7,13H2,1H3,(H,24,26). The van der Waals surface area contributed by atoms with Gasteiger partial charge in [-0.2, -0.15) is 0 Å². The van der Waals surface area contributed by atoms with E-state index in [0.29, 0.717) is 22.7 Å². The highest BCUT2D eigenvalue weighted by Gasteiger charge is 2.16. The average molecular weight is 377 g/mol. The van der Waals surface area contributed by atoms with Crippen LogP contribution in [0.1, 0.15) is 31.2 Å². The molecule has 6 heteroatoms. The lowest BCUT2D eigenvalue weighted by Crippen LogP contribution is -2.28. The molecule has 28 heavy (non-hydrogen) atoms. The molecule has 144 valence electrons. The Hall–Kier alpha value is -3.15. The third-order valence-corrected chi connectivity index (χ3v) is 5.11. The predicted octanol–water partition coefficient (Wildman–Crippen LogP) is 3.67. The zero-order valence-electron chi connectivity index (χ0n) is 15.9. The molecule has 6 nitrogen and oxygen atoms in total. The summed E-state index contributed by atoms with van der Waals surface area (Å²) < 4.78 is 7.26. The lowest BCUT2D eigenvalue weighted by atomic mass is 10.1. The molecular weight excluding hydrogens is 354 g/mol. The first-order valence-electron chi connectivity index (χ1n) is 9.61. The lowest BCUT2D eigenvalue weighted by Gasteiger charge is -2.13. The van der Waals surface area contributed by atoms with Crippen LogP contribution in [0.25, 0.3) is 10.9 Å². The van der Waals surface area contributed by atoms with E-state index in [-0.39, 0.29) is 18.0 Å². The number of carbonyl (C=O) groups is 1. The fourth-order valence-electron chi connectivity index (χ4n) is 3.62. The van der Waals surface area contributed by atoms with E-state index in [4.69, 9.17) is 4.74 Å². The Morgan fingerprint density at radius 1 is 1.18 bits per heavy atom. The zero-order valence-corrected chi connectivity index (χ0v) is 15.9. The van der Waals surface area contributed by atoms with E-state index in [1.807, 2.05) is 43.3 Å². The van der Waals surface area contributed by atoms with Crippen LogP contribution in [0.5, 0.6) is 5.75 Å². The van der Waals surface area contributed by atoms with Crippen LogP contribution in [-0.2, 0) is 11.3 Å². The van der Waals surface area contributed by atoms with Crippen molar-refractivity contribution in [1.82, 2.24) is 9.55 Å². The van der Waals surface area contributed by atoms with E-state index < -0.39 is 0 Å². The Kier molecular flexibility index (Phi) is 5.10. The second-order valence-corrected chi connectivity index (χ2v) is 7.25. The minimum absolute atomic E-state index is 0.0873. The smallest absolute Gasteiger partial charge is 0.261 e. The van der Waals surface area contributed by atoms with Crippen molar-refractivity contribution in [2.24, 2.45) is 0 Å². The van der Waals surface area contributed by atoms with Crippen LogP contribution in [0, 0.1) is 6.92 Å². The van der Waals surface area contributed by atoms with Crippen LogP contribution in [0.3, 0.4) is 0 Å². The van der Waals surface area contributed by atoms with Crippen LogP contribution in [0.4, 0.5) is 5.69 Å². The summed E-state index contributed by atoms with van der Waals surface area (Å²) in [7, 11) is 0. The molecule has 1 aliphatic carbocycles. The number of ether oxygens (including phenoxy) is 1. The van der Waals surface area contributed by atoms with Crippen LogP contribution in [-0.4, -0.2) is 21.6 Å². The highest BCUT2D eigenvalue weighted by Crippen LogP contribution is 2.25. The summed E-state index contributed by atoms with van der Waals surface area (Å²) in [6, 6.07) is 12.8. The average Bonchev–Trinajstić information content (AvgIpc) is 3.19. The quantitative estimate of drug-likeness (QED) is 0.736. The number of aromatic nitrogens is 2. The number of carbonyl (C=O) groups excluding carboxylic acids is 1. The molecule has 1 heterocycles. The molecule has 1 N–H and O–H groups in total. The summed E-state index contributed by atoms with van der Waals surface area (Å²) in [5.74, 6) is 0.538. The van der Waals surface area contributed by atoms with Crippen molar-refractivity contribution in [3.05, 3.63) is 64.7 Å². The largest absolute Gasteiger partial charge is 0.490 e. The van der Waals surface area contributed by atoms with Crippen LogP contribution >= 0.6 is 0 Å². The van der Waals surface area contributed by atoms with Gasteiger partial charge in [0.2, 0.25) is 5.91 Å². The number of amides is 1. The summed E-state index contributed by atoms with van der Waals surface area (Å²) >= 11 is 0. The summed E-state index contributed by atoms with van der Waals surface area (Å²) in [4.78, 5) is 29.3. The number of hydrogen-bond donors (Lipinski definition) is 1. The highest BCUT2D eigenvalue weighted by molar-refractivity contribution is 5.90. The molecule has 1 amide bonds. The van der Waals surface area contributed by atoms with Crippen molar-refractivity contribution in [2.75, 3.05) is 5.32 Å². The van der Waals surface area contributed by atoms with Crippen molar-refractivity contribution < 1.29 is 9.53 Å². The van der Waals surface area contributed by atoms with Gasteiger partial charge in [-0.05, 0) is 68.5 Å². The molecule has 0 unspecified atom stereocenters. The first kappa shape index (κ1) is 18.2. The lowest BCUT2D eigenvalue weighted by molar-refractivity contribution is -0.116. The number of nitrogens with zero attached hydrogens (tertiary/aromatic N) is 2. The van der Waals surface area contributed by atoms with Gasteiger partial charge in [0.1, 0.15) is 12.3 Å². The Balaban J connectivity index is 1.42. The van der Waals surface area contributed by atoms with Gasteiger partial charge in [-0.3, -0.25) is 14.2 Å². The molecule has 2 aromatic carbocycles. The number of fused-ring (bicyclic) bond motifs is 1. The summed E-state index contributed by atoms with van der Waals surface area (Å²) in [5.41, 5.74) is 2.05. The molecular formula is C22H23N3O3. The third kappa shape index (κ3) is 3.91. The normalized spacial score (nSPS) is 14.3. The molecule has 0 saturated heterocycles. The number of benzene rings is 2. The molecule has 0 aliphatic heterocycles. The third-order valence-electron chi connectivity index (χ3n) is 5.11. The van der Waals surface area contributed by atoms with Crippen LogP contribution in [0.15, 0.2) is 53.6 Å². The molecule has 1 fully saturated rings. The number of hydrogen-bond acceptors (Lipinski definition) is 4. The Morgan fingerprint density at radius 3 is 2.68 bits per heavy atom. The molecule has 1 aliphatic rings. The summed E-state index contributed by atoms with van der Waals surface area (Å²) in [5, 5.41) is 3.33. The van der Waals surface area contributed by atoms with Gasteiger partial charge in [0.15, 0.2) is 0 Å². The van der Waals surface area contributed by atoms with Gasteiger partial charge in [-0.15, -0.1) is 0 Å². The fraction of sp³-hybridized carbons (Fsp3) is 0.318. The molecule has 0 atom stereocenters. The maximum atomic E-state index is 12.6. The second kappa shape index (κ2) is 7.84. The van der Waals surface area contributed by atoms with Crippen molar-refractivity contribution in [3.8, 4) is 5.75 Å². The number of rotatable bonds is 5. The first-order chi connectivity index (χ1) is 13.6. The van der Waals surface area contributed by atoms with E-state index >= 15 is 0 Å². The van der Waals surface area contributed by atoms with E-state index in [2.05, 4.69) is 10.3 Å². The molecule has 0 spiro atoms. The van der Waals surface area contributed by atoms with E-state index in [9.17, 15) is 9.59 Å². The van der Waals surface area contributed by atoms with Crippen molar-refractivity contribution in [3.63, 3.8) is 0 Å². The summed E-state index contributed by atoms with van der Waals surface area (Å²) in [6.07, 6.45) is 6.38. The highest BCUT2D eigenvalue weighted by atomic mass is 16.5. The van der Waals surface area contributed by atoms with Gasteiger partial charge in [-0.25, -0.2) is 4.98 Å². The van der Waals surface area contributed by atoms with Gasteiger partial charge < -0.3 is 10.1 Å². The van der Waals surface area contributed by atoms with E-state index in [1.165, 1.54) is 23.7 Å². The maximum Gasteiger partial charge on any atom is 0.261 e. The molecule has 0 bridgehead atoms. The van der Waals surface area contributed by atoms with Gasteiger partial charge in [0.05, 0.1) is 23.3 Å². The second-order valence-electron chi connectivity index (χ2n) is 7.25. The Bertz CT molecular complexity index is 1050. The molecule has 1 saturated carbocycles. The maximum absolute atomic E-state index is 12.6. The van der Waals surface area contributed by atoms with Crippen LogP contribution < -0.4 is 15.6 Å². The van der Waals surface area contributed by atoms with Gasteiger partial charge in [0.25, 0.3) is 5.56 Å². The minimum Gasteiger partial charge on any atom is -0.490 e. The molecule has 3 aromatic rings. The van der Waals surface area contributed by atoms with E-state index in [1.54, 1.807) is 6.07 Å². The SMILES string of the molecule is Cc1cccc2c(=O)n(CC(=O)Nc3ccc(OC4CCCC4)cc3)cnc12. The van der Waals surface area contributed by atoms with Gasteiger partial charge in [-0.1, -0.05) is 12.1 Å². The molecule has 1 aromatic heterocycles. The number of nitrogens with one attached hydrogen (secondary N) is 1.